The zero-order valence-electron chi connectivity index (χ0n) is 16.9. The average molecular weight is 397 g/mol. The predicted octanol–water partition coefficient (Wildman–Crippen LogP) is 4.68. The van der Waals surface area contributed by atoms with Gasteiger partial charge in [-0.3, -0.25) is 9.89 Å². The molecular formula is C22H24FN3O3. The fourth-order valence-electron chi connectivity index (χ4n) is 3.09. The van der Waals surface area contributed by atoms with Gasteiger partial charge in [-0.05, 0) is 42.7 Å². The summed E-state index contributed by atoms with van der Waals surface area (Å²) in [6.07, 6.45) is 0.674. The first-order chi connectivity index (χ1) is 13.9. The third kappa shape index (κ3) is 4.39. The molecule has 29 heavy (non-hydrogen) atoms. The van der Waals surface area contributed by atoms with Crippen molar-refractivity contribution >= 4 is 11.6 Å². The first-order valence-corrected chi connectivity index (χ1v) is 9.30. The molecule has 1 heterocycles. The van der Waals surface area contributed by atoms with Gasteiger partial charge in [0.1, 0.15) is 11.5 Å². The van der Waals surface area contributed by atoms with Gasteiger partial charge >= 0.3 is 0 Å². The molecule has 1 aromatic heterocycles. The van der Waals surface area contributed by atoms with Gasteiger partial charge in [0.25, 0.3) is 5.91 Å². The van der Waals surface area contributed by atoms with Crippen LogP contribution in [-0.4, -0.2) is 30.3 Å². The number of aromatic amines is 1. The summed E-state index contributed by atoms with van der Waals surface area (Å²) in [5, 5.41) is 10.3. The van der Waals surface area contributed by atoms with E-state index in [0.29, 0.717) is 35.2 Å². The molecule has 0 saturated heterocycles. The lowest BCUT2D eigenvalue weighted by Gasteiger charge is -2.12. The number of H-pyrrole nitrogens is 1. The van der Waals surface area contributed by atoms with Crippen LogP contribution in [0, 0.1) is 11.7 Å². The number of hydrogen-bond donors (Lipinski definition) is 2. The van der Waals surface area contributed by atoms with Gasteiger partial charge in [0, 0.05) is 5.56 Å². The minimum absolute atomic E-state index is 0.0255. The van der Waals surface area contributed by atoms with Crippen LogP contribution in [0.25, 0.3) is 11.3 Å². The van der Waals surface area contributed by atoms with E-state index < -0.39 is 11.7 Å². The molecule has 152 valence electrons. The topological polar surface area (TPSA) is 76.2 Å². The van der Waals surface area contributed by atoms with E-state index in [-0.39, 0.29) is 5.56 Å². The molecule has 0 spiro atoms. The van der Waals surface area contributed by atoms with Crippen LogP contribution < -0.4 is 14.8 Å². The van der Waals surface area contributed by atoms with Crippen LogP contribution in [0.2, 0.25) is 0 Å². The molecule has 3 aromatic rings. The normalized spacial score (nSPS) is 10.8. The van der Waals surface area contributed by atoms with Crippen molar-refractivity contribution in [2.24, 2.45) is 5.92 Å². The van der Waals surface area contributed by atoms with Crippen molar-refractivity contribution in [3.63, 3.8) is 0 Å². The Morgan fingerprint density at radius 1 is 1.14 bits per heavy atom. The summed E-state index contributed by atoms with van der Waals surface area (Å²) in [5.74, 6) is 0.358. The summed E-state index contributed by atoms with van der Waals surface area (Å²) in [6.45, 7) is 4.14. The van der Waals surface area contributed by atoms with Gasteiger partial charge < -0.3 is 14.8 Å². The lowest BCUT2D eigenvalue weighted by atomic mass is 10.0. The smallest absolute Gasteiger partial charge is 0.258 e. The van der Waals surface area contributed by atoms with Crippen LogP contribution in [0.1, 0.15) is 29.9 Å². The molecule has 0 unspecified atom stereocenters. The number of hydrogen-bond acceptors (Lipinski definition) is 4. The second kappa shape index (κ2) is 8.77. The number of methoxy groups -OCH3 is 2. The number of carbonyl (C=O) groups is 1. The summed E-state index contributed by atoms with van der Waals surface area (Å²) in [4.78, 5) is 12.7. The van der Waals surface area contributed by atoms with Crippen LogP contribution in [0.3, 0.4) is 0 Å². The van der Waals surface area contributed by atoms with Crippen molar-refractivity contribution in [3.8, 4) is 22.8 Å². The molecule has 2 N–H and O–H groups in total. The van der Waals surface area contributed by atoms with Gasteiger partial charge in [-0.2, -0.15) is 5.10 Å². The Balaban J connectivity index is 2.04. The second-order valence-electron chi connectivity index (χ2n) is 7.03. The van der Waals surface area contributed by atoms with Gasteiger partial charge in [0.2, 0.25) is 0 Å². The van der Waals surface area contributed by atoms with Crippen molar-refractivity contribution < 1.29 is 18.7 Å². The Morgan fingerprint density at radius 2 is 1.86 bits per heavy atom. The standard InChI is InChI=1S/C22H24FN3O3/c1-13(2)11-17-21(24-22(27)15-7-5-6-8-16(15)23)20(26-25-17)14-9-10-18(28-3)19(12-14)29-4/h5-10,12-13H,11H2,1-4H3,(H,24,27)(H,25,26). The number of anilines is 1. The molecule has 7 heteroatoms. The van der Waals surface area contributed by atoms with E-state index in [0.717, 1.165) is 11.3 Å². The van der Waals surface area contributed by atoms with E-state index >= 15 is 0 Å². The highest BCUT2D eigenvalue weighted by atomic mass is 19.1. The number of ether oxygens (including phenoxy) is 2. The van der Waals surface area contributed by atoms with E-state index in [1.807, 2.05) is 6.07 Å². The molecule has 0 atom stereocenters. The molecular weight excluding hydrogens is 373 g/mol. The first kappa shape index (κ1) is 20.4. The van der Waals surface area contributed by atoms with Crippen molar-refractivity contribution in [2.45, 2.75) is 20.3 Å². The third-order valence-electron chi connectivity index (χ3n) is 4.47. The zero-order chi connectivity index (χ0) is 21.0. The molecule has 6 nitrogen and oxygen atoms in total. The lowest BCUT2D eigenvalue weighted by Crippen LogP contribution is -2.15. The molecule has 0 bridgehead atoms. The zero-order valence-corrected chi connectivity index (χ0v) is 16.9. The van der Waals surface area contributed by atoms with E-state index in [1.165, 1.54) is 12.1 Å². The Labute approximate surface area is 169 Å². The molecule has 2 aromatic carbocycles. The van der Waals surface area contributed by atoms with E-state index in [4.69, 9.17) is 9.47 Å². The fraction of sp³-hybridized carbons (Fsp3) is 0.273. The number of aromatic nitrogens is 2. The first-order valence-electron chi connectivity index (χ1n) is 9.30. The quantitative estimate of drug-likeness (QED) is 0.607. The third-order valence-corrected chi connectivity index (χ3v) is 4.47. The number of benzene rings is 2. The molecule has 0 aliphatic rings. The number of carbonyl (C=O) groups excluding carboxylic acids is 1. The van der Waals surface area contributed by atoms with Gasteiger partial charge in [0.05, 0.1) is 31.2 Å². The van der Waals surface area contributed by atoms with E-state index in [1.54, 1.807) is 38.5 Å². The molecule has 0 aliphatic heterocycles. The highest BCUT2D eigenvalue weighted by Crippen LogP contribution is 2.36. The Kier molecular flexibility index (Phi) is 6.16. The maximum absolute atomic E-state index is 14.1. The Hall–Kier alpha value is -3.35. The minimum Gasteiger partial charge on any atom is -0.493 e. The van der Waals surface area contributed by atoms with Crippen LogP contribution in [0.15, 0.2) is 42.5 Å². The summed E-state index contributed by atoms with van der Waals surface area (Å²) >= 11 is 0. The van der Waals surface area contributed by atoms with Crippen LogP contribution >= 0.6 is 0 Å². The molecule has 0 radical (unpaired) electrons. The van der Waals surface area contributed by atoms with E-state index in [9.17, 15) is 9.18 Å². The molecule has 0 saturated carbocycles. The number of rotatable bonds is 7. The summed E-state index contributed by atoms with van der Waals surface area (Å²) in [6, 6.07) is 11.3. The van der Waals surface area contributed by atoms with Gasteiger partial charge in [-0.1, -0.05) is 26.0 Å². The van der Waals surface area contributed by atoms with Gasteiger partial charge in [-0.15, -0.1) is 0 Å². The predicted molar refractivity (Wildman–Crippen MR) is 110 cm³/mol. The lowest BCUT2D eigenvalue weighted by molar-refractivity contribution is 0.102. The summed E-state index contributed by atoms with van der Waals surface area (Å²) < 4.78 is 24.7. The van der Waals surface area contributed by atoms with Crippen LogP contribution in [-0.2, 0) is 6.42 Å². The van der Waals surface area contributed by atoms with Crippen molar-refractivity contribution in [1.29, 1.82) is 0 Å². The van der Waals surface area contributed by atoms with Crippen molar-refractivity contribution in [1.82, 2.24) is 10.2 Å². The number of nitrogens with one attached hydrogen (secondary N) is 2. The van der Waals surface area contributed by atoms with Crippen LogP contribution in [0.5, 0.6) is 11.5 Å². The van der Waals surface area contributed by atoms with E-state index in [2.05, 4.69) is 29.4 Å². The maximum atomic E-state index is 14.1. The molecule has 0 fully saturated rings. The minimum atomic E-state index is -0.577. The summed E-state index contributed by atoms with van der Waals surface area (Å²) in [5.41, 5.74) is 2.56. The Bertz CT molecular complexity index is 1010. The van der Waals surface area contributed by atoms with Gasteiger partial charge in [-0.25, -0.2) is 4.39 Å². The maximum Gasteiger partial charge on any atom is 0.258 e. The Morgan fingerprint density at radius 3 is 2.52 bits per heavy atom. The monoisotopic (exact) mass is 397 g/mol. The van der Waals surface area contributed by atoms with Crippen molar-refractivity contribution in [3.05, 3.63) is 59.5 Å². The highest BCUT2D eigenvalue weighted by Gasteiger charge is 2.21. The number of amides is 1. The SMILES string of the molecule is COc1ccc(-c2n[nH]c(CC(C)C)c2NC(=O)c2ccccc2F)cc1OC. The number of halogens is 1. The molecule has 3 rings (SSSR count). The molecule has 1 amide bonds. The fourth-order valence-corrected chi connectivity index (χ4v) is 3.09. The average Bonchev–Trinajstić information content (AvgIpc) is 3.09. The number of nitrogens with zero attached hydrogens (tertiary/aromatic N) is 1. The largest absolute Gasteiger partial charge is 0.493 e. The second-order valence-corrected chi connectivity index (χ2v) is 7.03. The van der Waals surface area contributed by atoms with Crippen LogP contribution in [0.4, 0.5) is 10.1 Å². The highest BCUT2D eigenvalue weighted by molar-refractivity contribution is 6.06. The van der Waals surface area contributed by atoms with Crippen molar-refractivity contribution in [2.75, 3.05) is 19.5 Å². The molecule has 0 aliphatic carbocycles. The summed E-state index contributed by atoms with van der Waals surface area (Å²) in [7, 11) is 3.12. The van der Waals surface area contributed by atoms with Gasteiger partial charge in [0.15, 0.2) is 11.5 Å².